The highest BCUT2D eigenvalue weighted by Gasteiger charge is 2.52. The van der Waals surface area contributed by atoms with Crippen LogP contribution in [0.5, 0.6) is 0 Å². The van der Waals surface area contributed by atoms with Crippen LogP contribution in [0.1, 0.15) is 42.6 Å². The average molecular weight is 586 g/mol. The molecule has 38 heavy (non-hydrogen) atoms. The lowest BCUT2D eigenvalue weighted by Gasteiger charge is -2.17. The molecular weight excluding hydrogens is 563 g/mol. The van der Waals surface area contributed by atoms with E-state index in [0.29, 0.717) is 38.5 Å². The molecule has 10 heteroatoms. The van der Waals surface area contributed by atoms with Crippen LogP contribution in [-0.4, -0.2) is 22.1 Å². The fourth-order valence-corrected chi connectivity index (χ4v) is 6.14. The largest absolute Gasteiger partial charge is 0.334 e. The van der Waals surface area contributed by atoms with E-state index in [2.05, 4.69) is 20.2 Å². The van der Waals surface area contributed by atoms with Gasteiger partial charge in [0.25, 0.3) is 5.89 Å². The van der Waals surface area contributed by atoms with E-state index < -0.39 is 5.41 Å². The molecule has 194 valence electrons. The van der Waals surface area contributed by atoms with Gasteiger partial charge in [-0.05, 0) is 91.7 Å². The van der Waals surface area contributed by atoms with Crippen LogP contribution in [0, 0.1) is 0 Å². The normalized spacial score (nSPS) is 15.9. The van der Waals surface area contributed by atoms with E-state index in [0.717, 1.165) is 34.4 Å². The van der Waals surface area contributed by atoms with E-state index in [1.54, 1.807) is 36.2 Å². The van der Waals surface area contributed by atoms with Crippen molar-refractivity contribution in [3.8, 4) is 11.5 Å². The first-order valence-corrected chi connectivity index (χ1v) is 14.3. The third-order valence-electron chi connectivity index (χ3n) is 6.71. The van der Waals surface area contributed by atoms with Crippen LogP contribution in [0.2, 0.25) is 15.1 Å². The molecular formula is C28H23Cl3N4O2S. The second-order valence-electron chi connectivity index (χ2n) is 9.69. The molecule has 0 saturated heterocycles. The van der Waals surface area contributed by atoms with Crippen molar-refractivity contribution in [2.45, 2.75) is 48.5 Å². The molecule has 0 unspecified atom stereocenters. The summed E-state index contributed by atoms with van der Waals surface area (Å²) in [5.74, 6) is 0.801. The third-order valence-corrected chi connectivity index (χ3v) is 8.52. The van der Waals surface area contributed by atoms with Gasteiger partial charge in [-0.15, -0.1) is 0 Å². The highest BCUT2D eigenvalue weighted by Crippen LogP contribution is 2.57. The fourth-order valence-electron chi connectivity index (χ4n) is 4.36. The van der Waals surface area contributed by atoms with Gasteiger partial charge in [0.2, 0.25) is 5.91 Å². The predicted octanol–water partition coefficient (Wildman–Crippen LogP) is 7.72. The second-order valence-corrected chi connectivity index (χ2v) is 11.9. The summed E-state index contributed by atoms with van der Waals surface area (Å²) in [6.45, 7) is 0. The first-order valence-electron chi connectivity index (χ1n) is 12.3. The topological polar surface area (TPSA) is 80.0 Å². The van der Waals surface area contributed by atoms with E-state index in [1.165, 1.54) is 12.8 Å². The molecule has 6 rings (SSSR count). The first-order chi connectivity index (χ1) is 18.4. The number of halogens is 3. The summed E-state index contributed by atoms with van der Waals surface area (Å²) in [6, 6.07) is 19.3. The zero-order valence-corrected chi connectivity index (χ0v) is 23.2. The third kappa shape index (κ3) is 5.58. The van der Waals surface area contributed by atoms with Gasteiger partial charge in [-0.25, -0.2) is 0 Å². The standard InChI is InChI=1S/C28H23Cl3N4O2S/c29-18-5-3-17(4-6-18)26-33-27(34-37-26)28(11-12-28)25-22(30)14-20(15-23(25)31)32-24(36)13-16-1-9-21(10-2-16)38-35-19-7-8-19/h1-6,9-10,14-15,19,35H,7-8,11-13H2,(H,32,36). The molecule has 0 bridgehead atoms. The number of carbonyl (C=O) groups excluding carboxylic acids is 1. The van der Waals surface area contributed by atoms with Crippen LogP contribution in [0.25, 0.3) is 11.5 Å². The van der Waals surface area contributed by atoms with Gasteiger partial charge in [-0.2, -0.15) is 4.98 Å². The van der Waals surface area contributed by atoms with E-state index in [4.69, 9.17) is 39.3 Å². The maximum absolute atomic E-state index is 12.7. The molecule has 2 N–H and O–H groups in total. The maximum atomic E-state index is 12.7. The van der Waals surface area contributed by atoms with Crippen LogP contribution in [0.3, 0.4) is 0 Å². The van der Waals surface area contributed by atoms with Crippen molar-refractivity contribution in [1.29, 1.82) is 0 Å². The smallest absolute Gasteiger partial charge is 0.257 e. The number of benzene rings is 3. The van der Waals surface area contributed by atoms with Gasteiger partial charge in [0.05, 0.1) is 11.8 Å². The first kappa shape index (κ1) is 25.7. The molecule has 2 fully saturated rings. The van der Waals surface area contributed by atoms with E-state index in [-0.39, 0.29) is 12.3 Å². The molecule has 0 spiro atoms. The summed E-state index contributed by atoms with van der Waals surface area (Å²) in [7, 11) is 0. The van der Waals surface area contributed by atoms with E-state index in [9.17, 15) is 4.79 Å². The highest BCUT2D eigenvalue weighted by atomic mass is 35.5. The lowest BCUT2D eigenvalue weighted by Crippen LogP contribution is -2.16. The highest BCUT2D eigenvalue weighted by molar-refractivity contribution is 7.97. The van der Waals surface area contributed by atoms with Crippen molar-refractivity contribution >= 4 is 58.3 Å². The average Bonchev–Trinajstić information content (AvgIpc) is 3.82. The minimum absolute atomic E-state index is 0.145. The van der Waals surface area contributed by atoms with E-state index in [1.807, 2.05) is 36.4 Å². The number of amides is 1. The Labute approximate surface area is 239 Å². The van der Waals surface area contributed by atoms with Crippen molar-refractivity contribution in [3.63, 3.8) is 0 Å². The van der Waals surface area contributed by atoms with Crippen LogP contribution in [-0.2, 0) is 16.6 Å². The minimum atomic E-state index is -0.515. The lowest BCUT2D eigenvalue weighted by atomic mass is 9.94. The lowest BCUT2D eigenvalue weighted by molar-refractivity contribution is -0.115. The molecule has 0 aliphatic heterocycles. The number of hydrogen-bond acceptors (Lipinski definition) is 6. The second kappa shape index (κ2) is 10.5. The predicted molar refractivity (Wildman–Crippen MR) is 152 cm³/mol. The minimum Gasteiger partial charge on any atom is -0.334 e. The van der Waals surface area contributed by atoms with Gasteiger partial charge in [0.1, 0.15) is 0 Å². The van der Waals surface area contributed by atoms with Gasteiger partial charge in [-0.1, -0.05) is 52.1 Å². The number of rotatable bonds is 9. The molecule has 6 nitrogen and oxygen atoms in total. The summed E-state index contributed by atoms with van der Waals surface area (Å²) >= 11 is 21.1. The monoisotopic (exact) mass is 584 g/mol. The molecule has 4 aromatic rings. The molecule has 1 aromatic heterocycles. The molecule has 0 atom stereocenters. The Morgan fingerprint density at radius 1 is 1.00 bits per heavy atom. The molecule has 2 aliphatic carbocycles. The van der Waals surface area contributed by atoms with Gasteiger partial charge >= 0.3 is 0 Å². The number of nitrogens with one attached hydrogen (secondary N) is 2. The zero-order chi connectivity index (χ0) is 26.3. The summed E-state index contributed by atoms with van der Waals surface area (Å²) in [5.41, 5.74) is 2.48. The van der Waals surface area contributed by atoms with Crippen molar-refractivity contribution < 1.29 is 9.32 Å². The Balaban J connectivity index is 1.14. The Morgan fingerprint density at radius 2 is 1.68 bits per heavy atom. The Kier molecular flexibility index (Phi) is 7.14. The summed E-state index contributed by atoms with van der Waals surface area (Å²) in [4.78, 5) is 18.5. The maximum Gasteiger partial charge on any atom is 0.257 e. The van der Waals surface area contributed by atoms with Gasteiger partial charge in [0, 0.05) is 42.8 Å². The summed E-state index contributed by atoms with van der Waals surface area (Å²) in [5, 5.41) is 8.70. The van der Waals surface area contributed by atoms with Crippen LogP contribution >= 0.6 is 46.8 Å². The van der Waals surface area contributed by atoms with Crippen LogP contribution < -0.4 is 10.0 Å². The van der Waals surface area contributed by atoms with Crippen molar-refractivity contribution in [2.24, 2.45) is 0 Å². The summed E-state index contributed by atoms with van der Waals surface area (Å²) in [6.07, 6.45) is 4.32. The molecule has 1 amide bonds. The van der Waals surface area contributed by atoms with Crippen molar-refractivity contribution in [3.05, 3.63) is 92.7 Å². The molecule has 2 saturated carbocycles. The SMILES string of the molecule is O=C(Cc1ccc(SNC2CC2)cc1)Nc1cc(Cl)c(C2(c3noc(-c4ccc(Cl)cc4)n3)CC2)c(Cl)c1. The molecule has 1 heterocycles. The van der Waals surface area contributed by atoms with Crippen molar-refractivity contribution in [1.82, 2.24) is 14.9 Å². The molecule has 0 radical (unpaired) electrons. The Bertz CT molecular complexity index is 1460. The quantitative estimate of drug-likeness (QED) is 0.196. The number of carbonyl (C=O) groups is 1. The fraction of sp³-hybridized carbons (Fsp3) is 0.250. The molecule has 2 aliphatic rings. The van der Waals surface area contributed by atoms with Gasteiger partial charge in [-0.3, -0.25) is 9.52 Å². The number of anilines is 1. The van der Waals surface area contributed by atoms with Crippen LogP contribution in [0.15, 0.2) is 70.1 Å². The summed E-state index contributed by atoms with van der Waals surface area (Å²) < 4.78 is 8.94. The van der Waals surface area contributed by atoms with Gasteiger partial charge < -0.3 is 9.84 Å². The number of hydrogen-bond donors (Lipinski definition) is 2. The Morgan fingerprint density at radius 3 is 2.32 bits per heavy atom. The zero-order valence-electron chi connectivity index (χ0n) is 20.1. The number of aromatic nitrogens is 2. The van der Waals surface area contributed by atoms with E-state index >= 15 is 0 Å². The Hall–Kier alpha value is -2.55. The van der Waals surface area contributed by atoms with Crippen molar-refractivity contribution in [2.75, 3.05) is 5.32 Å². The molecule has 3 aromatic carbocycles. The number of nitrogens with zero attached hydrogens (tertiary/aromatic N) is 2. The van der Waals surface area contributed by atoms with Gasteiger partial charge in [0.15, 0.2) is 5.82 Å². The van der Waals surface area contributed by atoms with Crippen LogP contribution in [0.4, 0.5) is 5.69 Å².